The molecule has 1 aliphatic carbocycles. The van der Waals surface area contributed by atoms with Crippen LogP contribution in [0.4, 0.5) is 14.5 Å². The van der Waals surface area contributed by atoms with Crippen molar-refractivity contribution in [2.75, 3.05) is 37.5 Å². The second kappa shape index (κ2) is 6.47. The first-order valence-electron chi connectivity index (χ1n) is 9.26. The Balaban J connectivity index is 1.93. The fourth-order valence-electron chi connectivity index (χ4n) is 4.06. The summed E-state index contributed by atoms with van der Waals surface area (Å²) in [6.07, 6.45) is 1.77. The Morgan fingerprint density at radius 2 is 2.00 bits per heavy atom. The van der Waals surface area contributed by atoms with E-state index in [9.17, 15) is 18.4 Å². The highest BCUT2D eigenvalue weighted by atomic mass is 19.3. The van der Waals surface area contributed by atoms with Crippen LogP contribution in [0.5, 0.6) is 5.75 Å². The van der Waals surface area contributed by atoms with Crippen LogP contribution < -0.4 is 32.5 Å². The number of alkyl halides is 2. The molecule has 0 radical (unpaired) electrons. The van der Waals surface area contributed by atoms with Gasteiger partial charge in [0.05, 0.1) is 24.7 Å². The van der Waals surface area contributed by atoms with Crippen LogP contribution in [0.15, 0.2) is 21.7 Å². The summed E-state index contributed by atoms with van der Waals surface area (Å²) in [5, 5.41) is 0.221. The van der Waals surface area contributed by atoms with Crippen molar-refractivity contribution in [1.82, 2.24) is 9.24 Å². The van der Waals surface area contributed by atoms with Crippen LogP contribution in [0.2, 0.25) is 0 Å². The van der Waals surface area contributed by atoms with Crippen LogP contribution in [0.1, 0.15) is 25.3 Å². The zero-order valence-corrected chi connectivity index (χ0v) is 15.5. The lowest BCUT2D eigenvalue weighted by atomic mass is 10.0. The smallest absolute Gasteiger partial charge is 0.350 e. The lowest BCUT2D eigenvalue weighted by molar-refractivity contribution is -0.0225. The number of benzene rings is 1. The van der Waals surface area contributed by atoms with Gasteiger partial charge in [-0.15, -0.1) is 0 Å². The average Bonchev–Trinajstić information content (AvgIpc) is 3.44. The van der Waals surface area contributed by atoms with Crippen LogP contribution in [0.3, 0.4) is 0 Å². The Bertz CT molecular complexity index is 1040. The number of aromatic nitrogens is 2. The van der Waals surface area contributed by atoms with Gasteiger partial charge in [-0.25, -0.2) is 13.6 Å². The summed E-state index contributed by atoms with van der Waals surface area (Å²) in [5.74, 6) is 2.16. The molecule has 0 spiro atoms. The lowest BCUT2D eigenvalue weighted by Gasteiger charge is -2.23. The van der Waals surface area contributed by atoms with Crippen LogP contribution in [0.25, 0.3) is 10.9 Å². The third-order valence-electron chi connectivity index (χ3n) is 5.62. The molecule has 2 aromatic rings. The highest BCUT2D eigenvalue weighted by Crippen LogP contribution is 2.44. The van der Waals surface area contributed by atoms with Crippen molar-refractivity contribution in [2.45, 2.75) is 31.2 Å². The van der Waals surface area contributed by atoms with E-state index in [4.69, 9.17) is 16.3 Å². The van der Waals surface area contributed by atoms with Gasteiger partial charge >= 0.3 is 5.69 Å². The Labute approximate surface area is 159 Å². The summed E-state index contributed by atoms with van der Waals surface area (Å²) in [7, 11) is 1.40. The fourth-order valence-corrected chi connectivity index (χ4v) is 4.06. The summed E-state index contributed by atoms with van der Waals surface area (Å²) >= 11 is 0. The Morgan fingerprint density at radius 1 is 1.29 bits per heavy atom. The van der Waals surface area contributed by atoms with E-state index in [2.05, 4.69) is 0 Å². The zero-order chi connectivity index (χ0) is 20.2. The van der Waals surface area contributed by atoms with Crippen molar-refractivity contribution < 1.29 is 13.5 Å². The molecule has 10 heteroatoms. The highest BCUT2D eigenvalue weighted by molar-refractivity contribution is 5.91. The van der Waals surface area contributed by atoms with Crippen LogP contribution in [-0.4, -0.2) is 41.9 Å². The molecule has 8 nitrogen and oxygen atoms in total. The number of nitrogens with zero attached hydrogens (tertiary/aromatic N) is 3. The van der Waals surface area contributed by atoms with E-state index in [1.807, 2.05) is 0 Å². The molecule has 1 saturated heterocycles. The summed E-state index contributed by atoms with van der Waals surface area (Å²) in [6, 6.07) is 3.01. The summed E-state index contributed by atoms with van der Waals surface area (Å²) in [5.41, 5.74) is 4.95. The van der Waals surface area contributed by atoms with E-state index in [1.165, 1.54) is 22.6 Å². The number of fused-ring (bicyclic) bond motifs is 1. The number of hydrogen-bond donors (Lipinski definition) is 2. The van der Waals surface area contributed by atoms with E-state index < -0.39 is 29.6 Å². The van der Waals surface area contributed by atoms with E-state index in [0.717, 1.165) is 12.8 Å². The molecule has 1 saturated carbocycles. The molecule has 1 aromatic carbocycles. The Morgan fingerprint density at radius 3 is 2.61 bits per heavy atom. The third kappa shape index (κ3) is 2.74. The van der Waals surface area contributed by atoms with Crippen molar-refractivity contribution >= 4 is 16.6 Å². The van der Waals surface area contributed by atoms with Crippen molar-refractivity contribution in [3.63, 3.8) is 0 Å². The van der Waals surface area contributed by atoms with Gasteiger partial charge in [0, 0.05) is 18.5 Å². The van der Waals surface area contributed by atoms with Gasteiger partial charge in [-0.1, -0.05) is 0 Å². The molecule has 1 aliphatic heterocycles. The average molecular weight is 395 g/mol. The summed E-state index contributed by atoms with van der Waals surface area (Å²) in [6.45, 7) is -0.172. The maximum absolute atomic E-state index is 14.4. The molecule has 152 valence electrons. The molecule has 4 rings (SSSR count). The quantitative estimate of drug-likeness (QED) is 0.720. The first-order valence-corrected chi connectivity index (χ1v) is 9.26. The SMILES string of the molecule is COc1c(N2CC(CCN)C(F)(F)C2)ccc2c(=O)n(N)c(=O)n(C3CC3)c12. The van der Waals surface area contributed by atoms with Gasteiger partial charge in [-0.3, -0.25) is 9.36 Å². The minimum atomic E-state index is -2.88. The monoisotopic (exact) mass is 395 g/mol. The molecule has 2 aliphatic rings. The van der Waals surface area contributed by atoms with Crippen LogP contribution >= 0.6 is 0 Å². The number of halogens is 2. The molecule has 2 heterocycles. The van der Waals surface area contributed by atoms with Crippen molar-refractivity contribution in [2.24, 2.45) is 11.7 Å². The lowest BCUT2D eigenvalue weighted by Crippen LogP contribution is -2.44. The highest BCUT2D eigenvalue weighted by Gasteiger charge is 2.48. The maximum Gasteiger partial charge on any atom is 0.350 e. The molecule has 2 fully saturated rings. The second-order valence-electron chi connectivity index (χ2n) is 7.49. The molecule has 1 aromatic heterocycles. The third-order valence-corrected chi connectivity index (χ3v) is 5.62. The first-order chi connectivity index (χ1) is 13.3. The standard InChI is InChI=1S/C18H23F2N5O3/c1-28-15-13(23-8-10(6-7-21)18(19,20)9-23)5-4-12-14(15)24(11-2-3-11)17(27)25(22)16(12)26/h4-5,10-11H,2-3,6-9,21-22H2,1H3. The summed E-state index contributed by atoms with van der Waals surface area (Å²) in [4.78, 5) is 26.7. The molecule has 0 amide bonds. The Hall–Kier alpha value is -2.62. The minimum absolute atomic E-state index is 0.0837. The first kappa shape index (κ1) is 18.7. The van der Waals surface area contributed by atoms with Gasteiger partial charge in [0.1, 0.15) is 5.52 Å². The predicted octanol–water partition coefficient (Wildman–Crippen LogP) is 0.641. The number of anilines is 1. The fraction of sp³-hybridized carbons (Fsp3) is 0.556. The van der Waals surface area contributed by atoms with Crippen molar-refractivity contribution in [3.8, 4) is 5.75 Å². The normalized spacial score (nSPS) is 21.4. The maximum atomic E-state index is 14.4. The number of ether oxygens (including phenoxy) is 1. The van der Waals surface area contributed by atoms with E-state index in [0.29, 0.717) is 15.9 Å². The van der Waals surface area contributed by atoms with Gasteiger partial charge in [0.15, 0.2) is 5.75 Å². The largest absolute Gasteiger partial charge is 0.492 e. The molecule has 28 heavy (non-hydrogen) atoms. The molecule has 1 unspecified atom stereocenters. The van der Waals surface area contributed by atoms with E-state index in [1.54, 1.807) is 6.07 Å². The van der Waals surface area contributed by atoms with E-state index >= 15 is 0 Å². The van der Waals surface area contributed by atoms with Gasteiger partial charge in [-0.05, 0) is 37.9 Å². The van der Waals surface area contributed by atoms with Crippen molar-refractivity contribution in [1.29, 1.82) is 0 Å². The number of hydrogen-bond acceptors (Lipinski definition) is 6. The predicted molar refractivity (Wildman–Crippen MR) is 102 cm³/mol. The van der Waals surface area contributed by atoms with Crippen LogP contribution in [-0.2, 0) is 0 Å². The Kier molecular flexibility index (Phi) is 4.33. The molecule has 1 atom stereocenters. The van der Waals surface area contributed by atoms with Crippen molar-refractivity contribution in [3.05, 3.63) is 33.0 Å². The number of nitrogen functional groups attached to an aromatic ring is 1. The zero-order valence-electron chi connectivity index (χ0n) is 15.5. The second-order valence-corrected chi connectivity index (χ2v) is 7.49. The van der Waals surface area contributed by atoms with Gasteiger partial charge in [0.2, 0.25) is 0 Å². The topological polar surface area (TPSA) is 109 Å². The minimum Gasteiger partial charge on any atom is -0.492 e. The van der Waals surface area contributed by atoms with Crippen LogP contribution in [0, 0.1) is 5.92 Å². The number of rotatable bonds is 5. The summed E-state index contributed by atoms with van der Waals surface area (Å²) < 4.78 is 36.4. The molecule has 4 N–H and O–H groups in total. The van der Waals surface area contributed by atoms with Gasteiger partial charge in [0.25, 0.3) is 11.5 Å². The number of nitrogens with two attached hydrogens (primary N) is 2. The molecule has 0 bridgehead atoms. The molecular formula is C18H23F2N5O3. The molecular weight excluding hydrogens is 372 g/mol. The number of methoxy groups -OCH3 is 1. The van der Waals surface area contributed by atoms with Gasteiger partial charge < -0.3 is 21.2 Å². The van der Waals surface area contributed by atoms with Gasteiger partial charge in [-0.2, -0.15) is 4.68 Å². The van der Waals surface area contributed by atoms with E-state index in [-0.39, 0.29) is 36.7 Å².